The van der Waals surface area contributed by atoms with Crippen LogP contribution in [0.15, 0.2) is 16.4 Å². The van der Waals surface area contributed by atoms with Crippen molar-refractivity contribution in [3.8, 4) is 0 Å². The van der Waals surface area contributed by atoms with Gasteiger partial charge in [-0.1, -0.05) is 41.5 Å². The molecule has 0 spiro atoms. The molecule has 2 heterocycles. The number of rotatable bonds is 0. The topological polar surface area (TPSA) is 15.4 Å². The fourth-order valence-electron chi connectivity index (χ4n) is 2.91. The van der Waals surface area contributed by atoms with E-state index >= 15 is 0 Å². The molecule has 0 radical (unpaired) electrons. The zero-order valence-corrected chi connectivity index (χ0v) is 11.6. The number of nitrogens with zero attached hydrogens (tertiary/aromatic N) is 2. The second kappa shape index (κ2) is 3.41. The van der Waals surface area contributed by atoms with Crippen LogP contribution in [-0.4, -0.2) is 17.3 Å². The summed E-state index contributed by atoms with van der Waals surface area (Å²) in [4.78, 5) is 0. The summed E-state index contributed by atoms with van der Waals surface area (Å²) in [6.45, 7) is 14.9. The summed E-state index contributed by atoms with van der Waals surface area (Å²) < 4.78 is 2.32. The van der Waals surface area contributed by atoms with Gasteiger partial charge in [0.05, 0.1) is 0 Å². The number of azo groups is 2. The third-order valence-corrected chi connectivity index (χ3v) is 3.56. The Labute approximate surface area is 99.4 Å². The quantitative estimate of drug-likeness (QED) is 0.550. The van der Waals surface area contributed by atoms with Crippen molar-refractivity contribution in [1.29, 1.82) is 0 Å². The summed E-state index contributed by atoms with van der Waals surface area (Å²) in [6.07, 6.45) is 2.58. The number of allylic oxidation sites excluding steroid dienone is 1. The van der Waals surface area contributed by atoms with Crippen LogP contribution in [0.4, 0.5) is 0 Å². The predicted octanol–water partition coefficient (Wildman–Crippen LogP) is 3.97. The maximum atomic E-state index is 4.88. The molecule has 0 aliphatic carbocycles. The summed E-state index contributed by atoms with van der Waals surface area (Å²) in [5.74, 6) is 0. The molecule has 90 valence electrons. The van der Waals surface area contributed by atoms with E-state index in [9.17, 15) is 0 Å². The zero-order chi connectivity index (χ0) is 12.1. The minimum absolute atomic E-state index is 0.174. The van der Waals surface area contributed by atoms with Crippen LogP contribution in [0, 0.1) is 10.8 Å². The minimum atomic E-state index is 0.174. The van der Waals surface area contributed by atoms with E-state index in [1.165, 1.54) is 18.5 Å². The highest BCUT2D eigenvalue weighted by Gasteiger charge is 2.47. The molecule has 0 aromatic heterocycles. The molecule has 2 rings (SSSR count). The van der Waals surface area contributed by atoms with Gasteiger partial charge in [0.1, 0.15) is 5.70 Å². The lowest BCUT2D eigenvalue weighted by atomic mass is 9.76. The molecule has 1 atom stereocenters. The molecular formula is C14H25N2+. The van der Waals surface area contributed by atoms with Gasteiger partial charge in [-0.25, -0.2) is 0 Å². The van der Waals surface area contributed by atoms with Gasteiger partial charge >= 0.3 is 0 Å². The van der Waals surface area contributed by atoms with E-state index in [0.717, 1.165) is 6.54 Å². The monoisotopic (exact) mass is 221 g/mol. The van der Waals surface area contributed by atoms with Crippen molar-refractivity contribution in [1.82, 2.24) is 0 Å². The number of hydrogen-bond donors (Lipinski definition) is 0. The van der Waals surface area contributed by atoms with Crippen molar-refractivity contribution in [2.24, 2.45) is 15.9 Å². The van der Waals surface area contributed by atoms with Crippen LogP contribution in [-0.2, 0) is 0 Å². The van der Waals surface area contributed by atoms with Gasteiger partial charge in [-0.3, -0.25) is 0 Å². The third kappa shape index (κ3) is 1.83. The largest absolute Gasteiger partial charge is 0.202 e. The van der Waals surface area contributed by atoms with Crippen LogP contribution < -0.4 is 0 Å². The van der Waals surface area contributed by atoms with Gasteiger partial charge in [0.15, 0.2) is 6.54 Å². The van der Waals surface area contributed by atoms with Crippen molar-refractivity contribution in [2.75, 3.05) is 6.54 Å². The Bertz CT molecular complexity index is 361. The zero-order valence-electron chi connectivity index (χ0n) is 11.6. The Balaban J connectivity index is 2.49. The number of fused-ring (bicyclic) bond motifs is 1. The standard InChI is InChI=1S/C14H25N2/c1-13(2,3)11-10-8-7-9-16(10)15-12(11)14(4,5)6/h10H,7-9H2,1-6H3/q+1. The molecule has 0 aromatic carbocycles. The molecule has 0 bridgehead atoms. The second-order valence-corrected chi connectivity index (χ2v) is 7.18. The summed E-state index contributed by atoms with van der Waals surface area (Å²) in [5, 5.41) is 4.88. The van der Waals surface area contributed by atoms with Crippen LogP contribution in [0.5, 0.6) is 0 Å². The van der Waals surface area contributed by atoms with E-state index in [1.807, 2.05) is 0 Å². The summed E-state index contributed by atoms with van der Waals surface area (Å²) in [6, 6.07) is 0.592. The van der Waals surface area contributed by atoms with Gasteiger partial charge < -0.3 is 0 Å². The van der Waals surface area contributed by atoms with Crippen molar-refractivity contribution >= 4 is 0 Å². The lowest BCUT2D eigenvalue weighted by molar-refractivity contribution is -0.592. The summed E-state index contributed by atoms with van der Waals surface area (Å²) in [7, 11) is 0. The smallest absolute Gasteiger partial charge is 0.116 e. The highest BCUT2D eigenvalue weighted by atomic mass is 15.3. The predicted molar refractivity (Wildman–Crippen MR) is 66.5 cm³/mol. The molecule has 0 amide bonds. The molecule has 0 N–H and O–H groups in total. The van der Waals surface area contributed by atoms with Crippen molar-refractivity contribution in [3.63, 3.8) is 0 Å². The van der Waals surface area contributed by atoms with Crippen LogP contribution in [0.25, 0.3) is 0 Å². The van der Waals surface area contributed by atoms with Gasteiger partial charge in [-0.05, 0) is 10.5 Å². The van der Waals surface area contributed by atoms with E-state index < -0.39 is 0 Å². The number of hydrogen-bond acceptors (Lipinski definition) is 1. The highest BCUT2D eigenvalue weighted by molar-refractivity contribution is 5.28. The molecule has 2 nitrogen and oxygen atoms in total. The Morgan fingerprint density at radius 3 is 2.19 bits per heavy atom. The summed E-state index contributed by atoms with van der Waals surface area (Å²) >= 11 is 0. The van der Waals surface area contributed by atoms with E-state index in [4.69, 9.17) is 5.11 Å². The lowest BCUT2D eigenvalue weighted by Crippen LogP contribution is -2.26. The van der Waals surface area contributed by atoms with E-state index in [-0.39, 0.29) is 10.8 Å². The Morgan fingerprint density at radius 1 is 1.06 bits per heavy atom. The average Bonchev–Trinajstić information content (AvgIpc) is 2.53. The van der Waals surface area contributed by atoms with Gasteiger partial charge in [0.2, 0.25) is 6.04 Å². The minimum Gasteiger partial charge on any atom is -0.116 e. The molecule has 2 heteroatoms. The van der Waals surface area contributed by atoms with Gasteiger partial charge in [-0.2, -0.15) is 0 Å². The van der Waals surface area contributed by atoms with Crippen molar-refractivity contribution in [3.05, 3.63) is 11.3 Å². The molecule has 0 saturated carbocycles. The van der Waals surface area contributed by atoms with Crippen molar-refractivity contribution in [2.45, 2.75) is 60.4 Å². The fourth-order valence-corrected chi connectivity index (χ4v) is 2.91. The first-order valence-corrected chi connectivity index (χ1v) is 6.44. The first-order chi connectivity index (χ1) is 7.21. The van der Waals surface area contributed by atoms with Crippen LogP contribution in [0.1, 0.15) is 54.4 Å². The molecule has 1 unspecified atom stereocenters. The van der Waals surface area contributed by atoms with E-state index in [2.05, 4.69) is 46.2 Å². The lowest BCUT2D eigenvalue weighted by Gasteiger charge is -2.26. The third-order valence-electron chi connectivity index (χ3n) is 3.56. The van der Waals surface area contributed by atoms with Crippen LogP contribution in [0.2, 0.25) is 0 Å². The molecule has 2 aliphatic rings. The molecule has 2 aliphatic heterocycles. The normalized spacial score (nSPS) is 26.1. The fraction of sp³-hybridized carbons (Fsp3) is 0.857. The summed E-state index contributed by atoms with van der Waals surface area (Å²) in [5.41, 5.74) is 3.34. The Kier molecular flexibility index (Phi) is 2.52. The van der Waals surface area contributed by atoms with Gasteiger partial charge in [0.25, 0.3) is 0 Å². The molecule has 16 heavy (non-hydrogen) atoms. The van der Waals surface area contributed by atoms with Crippen LogP contribution >= 0.6 is 0 Å². The Hall–Kier alpha value is -0.660. The van der Waals surface area contributed by atoms with E-state index in [1.54, 1.807) is 5.57 Å². The average molecular weight is 221 g/mol. The van der Waals surface area contributed by atoms with Crippen LogP contribution in [0.3, 0.4) is 0 Å². The molecule has 1 fully saturated rings. The first kappa shape index (κ1) is 11.8. The maximum absolute atomic E-state index is 4.88. The Morgan fingerprint density at radius 2 is 1.69 bits per heavy atom. The highest BCUT2D eigenvalue weighted by Crippen LogP contribution is 2.45. The SMILES string of the molecule is CC(C)(C)C1=C(C(C)(C)C)C2CCC[N+]2=N1. The first-order valence-electron chi connectivity index (χ1n) is 6.44. The molecular weight excluding hydrogens is 196 g/mol. The van der Waals surface area contributed by atoms with Gasteiger partial charge in [-0.15, -0.1) is 4.70 Å². The molecule has 1 saturated heterocycles. The van der Waals surface area contributed by atoms with E-state index in [0.29, 0.717) is 6.04 Å². The second-order valence-electron chi connectivity index (χ2n) is 7.18. The molecule has 0 aromatic rings. The van der Waals surface area contributed by atoms with Gasteiger partial charge in [0, 0.05) is 23.8 Å². The van der Waals surface area contributed by atoms with Crippen molar-refractivity contribution < 1.29 is 4.70 Å². The maximum Gasteiger partial charge on any atom is 0.202 e.